The van der Waals surface area contributed by atoms with Crippen molar-refractivity contribution in [3.8, 4) is 0 Å². The topological polar surface area (TPSA) is 74.8 Å². The standard InChI is InChI=1S/C23H24N4O3/c1-30-22(28)19-6-4-7-20(14-19)25-23(29)27-11-9-26(10-12-27)16-17-13-18-5-2-3-8-21(18)24-15-17/h2-8,13-15H,9-12,16H2,1H3,(H,25,29). The first-order chi connectivity index (χ1) is 14.6. The summed E-state index contributed by atoms with van der Waals surface area (Å²) in [6.45, 7) is 3.69. The highest BCUT2D eigenvalue weighted by molar-refractivity contribution is 5.94. The Balaban J connectivity index is 1.31. The van der Waals surface area contributed by atoms with E-state index in [1.54, 1.807) is 29.2 Å². The molecule has 1 N–H and O–H groups in total. The molecule has 0 atom stereocenters. The van der Waals surface area contributed by atoms with Crippen LogP contribution in [0, 0.1) is 0 Å². The third kappa shape index (κ3) is 4.58. The minimum atomic E-state index is -0.428. The quantitative estimate of drug-likeness (QED) is 0.675. The SMILES string of the molecule is COC(=O)c1cccc(NC(=O)N2CCN(Cc3cnc4ccccc4c3)CC2)c1. The number of anilines is 1. The Morgan fingerprint density at radius 1 is 1.03 bits per heavy atom. The lowest BCUT2D eigenvalue weighted by Gasteiger charge is -2.34. The highest BCUT2D eigenvalue weighted by atomic mass is 16.5. The van der Waals surface area contributed by atoms with Gasteiger partial charge in [-0.2, -0.15) is 0 Å². The summed E-state index contributed by atoms with van der Waals surface area (Å²) in [6.07, 6.45) is 1.93. The first kappa shape index (κ1) is 19.8. The van der Waals surface area contributed by atoms with E-state index in [0.29, 0.717) is 24.3 Å². The molecule has 7 heteroatoms. The lowest BCUT2D eigenvalue weighted by molar-refractivity contribution is 0.0600. The Hall–Kier alpha value is -3.45. The molecule has 1 saturated heterocycles. The predicted molar refractivity (Wildman–Crippen MR) is 115 cm³/mol. The zero-order chi connectivity index (χ0) is 20.9. The maximum Gasteiger partial charge on any atom is 0.337 e. The Bertz CT molecular complexity index is 1060. The van der Waals surface area contributed by atoms with Crippen LogP contribution in [-0.4, -0.2) is 60.1 Å². The van der Waals surface area contributed by atoms with E-state index in [4.69, 9.17) is 4.74 Å². The van der Waals surface area contributed by atoms with Crippen molar-refractivity contribution in [3.05, 3.63) is 71.9 Å². The van der Waals surface area contributed by atoms with Crippen molar-refractivity contribution < 1.29 is 14.3 Å². The molecule has 1 fully saturated rings. The smallest absolute Gasteiger partial charge is 0.337 e. The van der Waals surface area contributed by atoms with E-state index in [0.717, 1.165) is 30.5 Å². The van der Waals surface area contributed by atoms with E-state index in [-0.39, 0.29) is 6.03 Å². The number of carbonyl (C=O) groups excluding carboxylic acids is 2. The largest absolute Gasteiger partial charge is 0.465 e. The molecule has 30 heavy (non-hydrogen) atoms. The van der Waals surface area contributed by atoms with Crippen LogP contribution in [0.25, 0.3) is 10.9 Å². The van der Waals surface area contributed by atoms with Gasteiger partial charge in [0.1, 0.15) is 0 Å². The van der Waals surface area contributed by atoms with Crippen LogP contribution in [0.5, 0.6) is 0 Å². The summed E-state index contributed by atoms with van der Waals surface area (Å²) in [5.41, 5.74) is 3.15. The number of nitrogens with one attached hydrogen (secondary N) is 1. The second kappa shape index (κ2) is 8.92. The molecule has 1 aromatic heterocycles. The number of ether oxygens (including phenoxy) is 1. The van der Waals surface area contributed by atoms with E-state index in [9.17, 15) is 9.59 Å². The van der Waals surface area contributed by atoms with E-state index in [2.05, 4.69) is 27.3 Å². The van der Waals surface area contributed by atoms with Gasteiger partial charge in [0.25, 0.3) is 0 Å². The lowest BCUT2D eigenvalue weighted by atomic mass is 10.1. The van der Waals surface area contributed by atoms with Crippen molar-refractivity contribution >= 4 is 28.6 Å². The summed E-state index contributed by atoms with van der Waals surface area (Å²) < 4.78 is 4.72. The number of nitrogens with zero attached hydrogens (tertiary/aromatic N) is 3. The molecule has 2 amide bonds. The van der Waals surface area contributed by atoms with Crippen molar-refractivity contribution in [2.75, 3.05) is 38.6 Å². The van der Waals surface area contributed by atoms with Crippen molar-refractivity contribution in [1.82, 2.24) is 14.8 Å². The van der Waals surface area contributed by atoms with Gasteiger partial charge in [0, 0.05) is 50.0 Å². The number of piperazine rings is 1. The van der Waals surface area contributed by atoms with Gasteiger partial charge in [-0.3, -0.25) is 9.88 Å². The third-order valence-corrected chi connectivity index (χ3v) is 5.25. The van der Waals surface area contributed by atoms with Crippen LogP contribution in [-0.2, 0) is 11.3 Å². The average molecular weight is 404 g/mol. The maximum absolute atomic E-state index is 12.6. The van der Waals surface area contributed by atoms with Gasteiger partial charge >= 0.3 is 12.0 Å². The Morgan fingerprint density at radius 2 is 1.83 bits per heavy atom. The first-order valence-electron chi connectivity index (χ1n) is 9.93. The van der Waals surface area contributed by atoms with Crippen LogP contribution < -0.4 is 5.32 Å². The number of carbonyl (C=O) groups is 2. The lowest BCUT2D eigenvalue weighted by Crippen LogP contribution is -2.49. The molecular weight excluding hydrogens is 380 g/mol. The summed E-state index contributed by atoms with van der Waals surface area (Å²) in [4.78, 5) is 32.9. The number of fused-ring (bicyclic) bond motifs is 1. The molecule has 0 spiro atoms. The van der Waals surface area contributed by atoms with E-state index in [1.165, 1.54) is 12.7 Å². The molecule has 1 aliphatic rings. The minimum Gasteiger partial charge on any atom is -0.465 e. The number of methoxy groups -OCH3 is 1. The summed E-state index contributed by atoms with van der Waals surface area (Å²) in [5.74, 6) is -0.428. The molecule has 0 radical (unpaired) electrons. The molecule has 0 bridgehead atoms. The Kier molecular flexibility index (Phi) is 5.90. The fourth-order valence-corrected chi connectivity index (χ4v) is 3.61. The highest BCUT2D eigenvalue weighted by Gasteiger charge is 2.21. The number of pyridine rings is 1. The van der Waals surface area contributed by atoms with Crippen molar-refractivity contribution in [3.63, 3.8) is 0 Å². The van der Waals surface area contributed by atoms with Gasteiger partial charge in [-0.05, 0) is 35.9 Å². The zero-order valence-corrected chi connectivity index (χ0v) is 16.9. The molecule has 2 aromatic carbocycles. The normalized spacial score (nSPS) is 14.5. The number of benzene rings is 2. The van der Waals surface area contributed by atoms with E-state index >= 15 is 0 Å². The van der Waals surface area contributed by atoms with Gasteiger partial charge in [-0.25, -0.2) is 9.59 Å². The van der Waals surface area contributed by atoms with Gasteiger partial charge < -0.3 is 15.0 Å². The van der Waals surface area contributed by atoms with Gasteiger partial charge in [0.2, 0.25) is 0 Å². The Morgan fingerprint density at radius 3 is 2.63 bits per heavy atom. The molecule has 0 aliphatic carbocycles. The van der Waals surface area contributed by atoms with Crippen LogP contribution in [0.2, 0.25) is 0 Å². The number of hydrogen-bond acceptors (Lipinski definition) is 5. The molecule has 1 aliphatic heterocycles. The molecule has 4 rings (SSSR count). The average Bonchev–Trinajstić information content (AvgIpc) is 2.79. The number of amides is 2. The molecule has 154 valence electrons. The van der Waals surface area contributed by atoms with Gasteiger partial charge in [0.15, 0.2) is 0 Å². The van der Waals surface area contributed by atoms with Crippen LogP contribution >= 0.6 is 0 Å². The summed E-state index contributed by atoms with van der Waals surface area (Å²) in [5, 5.41) is 4.01. The molecule has 7 nitrogen and oxygen atoms in total. The molecule has 0 unspecified atom stereocenters. The Labute approximate surface area is 175 Å². The second-order valence-corrected chi connectivity index (χ2v) is 7.30. The summed E-state index contributed by atoms with van der Waals surface area (Å²) in [7, 11) is 1.33. The number of hydrogen-bond donors (Lipinski definition) is 1. The molecule has 0 saturated carbocycles. The second-order valence-electron chi connectivity index (χ2n) is 7.30. The van der Waals surface area contributed by atoms with Crippen molar-refractivity contribution in [2.45, 2.75) is 6.54 Å². The van der Waals surface area contributed by atoms with Gasteiger partial charge in [-0.1, -0.05) is 24.3 Å². The van der Waals surface area contributed by atoms with Crippen LogP contribution in [0.3, 0.4) is 0 Å². The fourth-order valence-electron chi connectivity index (χ4n) is 3.61. The summed E-state index contributed by atoms with van der Waals surface area (Å²) in [6, 6.07) is 16.9. The number of rotatable bonds is 4. The zero-order valence-electron chi connectivity index (χ0n) is 16.9. The summed E-state index contributed by atoms with van der Waals surface area (Å²) >= 11 is 0. The first-order valence-corrected chi connectivity index (χ1v) is 9.93. The molecular formula is C23H24N4O3. The van der Waals surface area contributed by atoms with Gasteiger partial charge in [-0.15, -0.1) is 0 Å². The maximum atomic E-state index is 12.6. The predicted octanol–water partition coefficient (Wildman–Crippen LogP) is 3.37. The number of para-hydroxylation sites is 1. The third-order valence-electron chi connectivity index (χ3n) is 5.25. The highest BCUT2D eigenvalue weighted by Crippen LogP contribution is 2.16. The monoisotopic (exact) mass is 404 g/mol. The number of esters is 1. The van der Waals surface area contributed by atoms with Crippen molar-refractivity contribution in [1.29, 1.82) is 0 Å². The van der Waals surface area contributed by atoms with Crippen molar-refractivity contribution in [2.24, 2.45) is 0 Å². The van der Waals surface area contributed by atoms with Crippen LogP contribution in [0.15, 0.2) is 60.8 Å². The minimum absolute atomic E-state index is 0.163. The molecule has 2 heterocycles. The van der Waals surface area contributed by atoms with Crippen LogP contribution in [0.4, 0.5) is 10.5 Å². The fraction of sp³-hybridized carbons (Fsp3) is 0.261. The van der Waals surface area contributed by atoms with E-state index < -0.39 is 5.97 Å². The number of aromatic nitrogens is 1. The number of urea groups is 1. The van der Waals surface area contributed by atoms with E-state index in [1.807, 2.05) is 24.4 Å². The molecule has 3 aromatic rings. The van der Waals surface area contributed by atoms with Crippen LogP contribution in [0.1, 0.15) is 15.9 Å². The van der Waals surface area contributed by atoms with Gasteiger partial charge in [0.05, 0.1) is 18.2 Å².